The lowest BCUT2D eigenvalue weighted by Gasteiger charge is -2.31. The van der Waals surface area contributed by atoms with Gasteiger partial charge in [0.25, 0.3) is 0 Å². The summed E-state index contributed by atoms with van der Waals surface area (Å²) in [5.41, 5.74) is 0.668. The summed E-state index contributed by atoms with van der Waals surface area (Å²) in [6.45, 7) is 0. The molecular formula is C15H19NO2. The van der Waals surface area contributed by atoms with E-state index in [1.54, 1.807) is 14.2 Å². The lowest BCUT2D eigenvalue weighted by molar-refractivity contribution is 0.357. The van der Waals surface area contributed by atoms with E-state index in [2.05, 4.69) is 6.07 Å². The molecule has 96 valence electrons. The van der Waals surface area contributed by atoms with E-state index in [4.69, 9.17) is 9.47 Å². The molecule has 1 aromatic carbocycles. The van der Waals surface area contributed by atoms with Crippen LogP contribution < -0.4 is 9.47 Å². The van der Waals surface area contributed by atoms with Crippen LogP contribution in [-0.2, 0) is 5.41 Å². The molecule has 1 aliphatic carbocycles. The van der Waals surface area contributed by atoms with Crippen LogP contribution in [0.15, 0.2) is 18.2 Å². The molecule has 0 amide bonds. The Morgan fingerprint density at radius 2 is 1.56 bits per heavy atom. The van der Waals surface area contributed by atoms with Gasteiger partial charge in [0, 0.05) is 6.07 Å². The number of ether oxygens (including phenoxy) is 2. The van der Waals surface area contributed by atoms with E-state index in [9.17, 15) is 5.26 Å². The first-order chi connectivity index (χ1) is 8.74. The first-order valence-electron chi connectivity index (χ1n) is 6.39. The van der Waals surface area contributed by atoms with Gasteiger partial charge >= 0.3 is 0 Å². The highest BCUT2D eigenvalue weighted by Crippen LogP contribution is 2.41. The third-order valence-electron chi connectivity index (χ3n) is 3.83. The zero-order valence-corrected chi connectivity index (χ0v) is 11.0. The molecule has 0 N–H and O–H groups in total. The molecule has 1 fully saturated rings. The fraction of sp³-hybridized carbons (Fsp3) is 0.533. The number of nitrogens with zero attached hydrogens (tertiary/aromatic N) is 1. The second kappa shape index (κ2) is 5.30. The van der Waals surface area contributed by atoms with Crippen molar-refractivity contribution in [2.24, 2.45) is 0 Å². The Morgan fingerprint density at radius 1 is 1.00 bits per heavy atom. The van der Waals surface area contributed by atoms with Crippen molar-refractivity contribution in [1.29, 1.82) is 5.26 Å². The van der Waals surface area contributed by atoms with Crippen molar-refractivity contribution in [3.05, 3.63) is 23.8 Å². The molecule has 0 unspecified atom stereocenters. The molecule has 3 heteroatoms. The molecule has 1 aliphatic rings. The van der Waals surface area contributed by atoms with Crippen molar-refractivity contribution in [2.45, 2.75) is 37.5 Å². The Bertz CT molecular complexity index is 434. The fourth-order valence-electron chi connectivity index (χ4n) is 2.70. The molecule has 3 nitrogen and oxygen atoms in total. The summed E-state index contributed by atoms with van der Waals surface area (Å²) in [5.74, 6) is 1.51. The maximum atomic E-state index is 9.59. The molecule has 0 heterocycles. The van der Waals surface area contributed by atoms with Crippen LogP contribution in [0.1, 0.15) is 37.7 Å². The quantitative estimate of drug-likeness (QED) is 0.819. The summed E-state index contributed by atoms with van der Waals surface area (Å²) < 4.78 is 10.6. The second-order valence-electron chi connectivity index (χ2n) is 4.86. The van der Waals surface area contributed by atoms with Crippen LogP contribution in [0.2, 0.25) is 0 Å². The predicted molar refractivity (Wildman–Crippen MR) is 69.9 cm³/mol. The molecule has 1 aromatic rings. The van der Waals surface area contributed by atoms with Crippen LogP contribution in [-0.4, -0.2) is 14.2 Å². The smallest absolute Gasteiger partial charge is 0.122 e. The van der Waals surface area contributed by atoms with Gasteiger partial charge < -0.3 is 9.47 Å². The van der Waals surface area contributed by atoms with Crippen molar-refractivity contribution >= 4 is 0 Å². The van der Waals surface area contributed by atoms with Gasteiger partial charge in [-0.05, 0) is 30.5 Å². The Kier molecular flexibility index (Phi) is 3.76. The van der Waals surface area contributed by atoms with E-state index in [1.807, 2.05) is 18.2 Å². The van der Waals surface area contributed by atoms with E-state index in [0.717, 1.165) is 42.7 Å². The fourth-order valence-corrected chi connectivity index (χ4v) is 2.70. The predicted octanol–water partition coefficient (Wildman–Crippen LogP) is 3.43. The second-order valence-corrected chi connectivity index (χ2v) is 4.86. The van der Waals surface area contributed by atoms with Crippen LogP contribution in [0.25, 0.3) is 0 Å². The van der Waals surface area contributed by atoms with Gasteiger partial charge in [0.05, 0.1) is 25.7 Å². The summed E-state index contributed by atoms with van der Waals surface area (Å²) in [6.07, 6.45) is 5.32. The zero-order chi connectivity index (χ0) is 13.0. The largest absolute Gasteiger partial charge is 0.497 e. The standard InChI is InChI=1S/C15H19NO2/c1-17-13-8-12(9-14(10-13)18-2)15(11-16)6-4-3-5-7-15/h8-10H,3-7H2,1-2H3. The number of hydrogen-bond acceptors (Lipinski definition) is 3. The van der Waals surface area contributed by atoms with Gasteiger partial charge in [-0.2, -0.15) is 5.26 Å². The summed E-state index contributed by atoms with van der Waals surface area (Å²) in [5, 5.41) is 9.59. The van der Waals surface area contributed by atoms with E-state index >= 15 is 0 Å². The molecule has 0 aliphatic heterocycles. The zero-order valence-electron chi connectivity index (χ0n) is 11.0. The normalized spacial score (nSPS) is 17.8. The van der Waals surface area contributed by atoms with E-state index < -0.39 is 0 Å². The van der Waals surface area contributed by atoms with Crippen LogP contribution in [0.5, 0.6) is 11.5 Å². The Labute approximate surface area is 108 Å². The van der Waals surface area contributed by atoms with Crippen molar-refractivity contribution in [3.63, 3.8) is 0 Å². The Morgan fingerprint density at radius 3 is 2.00 bits per heavy atom. The van der Waals surface area contributed by atoms with Crippen LogP contribution in [0.3, 0.4) is 0 Å². The number of rotatable bonds is 3. The van der Waals surface area contributed by atoms with Gasteiger partial charge in [-0.3, -0.25) is 0 Å². The van der Waals surface area contributed by atoms with Crippen molar-refractivity contribution in [2.75, 3.05) is 14.2 Å². The molecule has 0 saturated heterocycles. The molecule has 1 saturated carbocycles. The summed E-state index contributed by atoms with van der Waals surface area (Å²) in [6, 6.07) is 8.31. The van der Waals surface area contributed by atoms with Gasteiger partial charge in [-0.1, -0.05) is 19.3 Å². The molecule has 18 heavy (non-hydrogen) atoms. The van der Waals surface area contributed by atoms with Crippen LogP contribution in [0.4, 0.5) is 0 Å². The van der Waals surface area contributed by atoms with E-state index in [0.29, 0.717) is 0 Å². The minimum absolute atomic E-state index is 0.361. The van der Waals surface area contributed by atoms with Gasteiger partial charge in [0.1, 0.15) is 11.5 Å². The minimum Gasteiger partial charge on any atom is -0.497 e. The minimum atomic E-state index is -0.361. The number of benzene rings is 1. The Balaban J connectivity index is 2.44. The van der Waals surface area contributed by atoms with Crippen molar-refractivity contribution in [1.82, 2.24) is 0 Å². The molecule has 0 atom stereocenters. The lowest BCUT2D eigenvalue weighted by atomic mass is 9.70. The van der Waals surface area contributed by atoms with Gasteiger partial charge in [-0.25, -0.2) is 0 Å². The summed E-state index contributed by atoms with van der Waals surface area (Å²) >= 11 is 0. The molecule has 0 aromatic heterocycles. The highest BCUT2D eigenvalue weighted by molar-refractivity contribution is 5.44. The third-order valence-corrected chi connectivity index (χ3v) is 3.83. The number of nitriles is 1. The number of hydrogen-bond donors (Lipinski definition) is 0. The topological polar surface area (TPSA) is 42.2 Å². The monoisotopic (exact) mass is 245 g/mol. The van der Waals surface area contributed by atoms with Crippen LogP contribution >= 0.6 is 0 Å². The third kappa shape index (κ3) is 2.28. The van der Waals surface area contributed by atoms with Gasteiger partial charge in [-0.15, -0.1) is 0 Å². The van der Waals surface area contributed by atoms with Gasteiger partial charge in [0.2, 0.25) is 0 Å². The highest BCUT2D eigenvalue weighted by Gasteiger charge is 2.34. The molecule has 0 bridgehead atoms. The van der Waals surface area contributed by atoms with E-state index in [-0.39, 0.29) is 5.41 Å². The van der Waals surface area contributed by atoms with Gasteiger partial charge in [0.15, 0.2) is 0 Å². The maximum absolute atomic E-state index is 9.59. The molecule has 2 rings (SSSR count). The summed E-state index contributed by atoms with van der Waals surface area (Å²) in [4.78, 5) is 0. The highest BCUT2D eigenvalue weighted by atomic mass is 16.5. The molecule has 0 radical (unpaired) electrons. The maximum Gasteiger partial charge on any atom is 0.122 e. The lowest BCUT2D eigenvalue weighted by Crippen LogP contribution is -2.27. The van der Waals surface area contributed by atoms with Crippen molar-refractivity contribution in [3.8, 4) is 17.6 Å². The van der Waals surface area contributed by atoms with Crippen LogP contribution in [0, 0.1) is 11.3 Å². The Hall–Kier alpha value is -1.69. The SMILES string of the molecule is COc1cc(OC)cc(C2(C#N)CCCCC2)c1. The molecule has 0 spiro atoms. The first kappa shape index (κ1) is 12.8. The molecular weight excluding hydrogens is 226 g/mol. The average molecular weight is 245 g/mol. The number of methoxy groups -OCH3 is 2. The average Bonchev–Trinajstić information content (AvgIpc) is 2.47. The van der Waals surface area contributed by atoms with E-state index in [1.165, 1.54) is 6.42 Å². The summed E-state index contributed by atoms with van der Waals surface area (Å²) in [7, 11) is 3.27. The van der Waals surface area contributed by atoms with Crippen molar-refractivity contribution < 1.29 is 9.47 Å². The first-order valence-corrected chi connectivity index (χ1v) is 6.39.